The number of carbonyl (C=O) groups excluding carboxylic acids is 2. The van der Waals surface area contributed by atoms with E-state index in [9.17, 15) is 30.8 Å². The maximum absolute atomic E-state index is 14.0. The Kier molecular flexibility index (Phi) is 29.6. The molecule has 680 valence electrons. The van der Waals surface area contributed by atoms with Crippen molar-refractivity contribution >= 4 is 140 Å². The van der Waals surface area contributed by atoms with Crippen LogP contribution in [0.3, 0.4) is 0 Å². The third-order valence-corrected chi connectivity index (χ3v) is 28.2. The summed E-state index contributed by atoms with van der Waals surface area (Å²) in [6.07, 6.45) is 3.59. The molecular formula is C101H101Cl4FN16O8S2. The van der Waals surface area contributed by atoms with Gasteiger partial charge in [0.05, 0.1) is 78.0 Å². The van der Waals surface area contributed by atoms with Crippen LogP contribution >= 0.6 is 46.4 Å². The number of nitrogens with zero attached hydrogens (tertiary/aromatic N) is 12. The number of guanidine groups is 2. The van der Waals surface area contributed by atoms with E-state index < -0.39 is 20.2 Å². The number of aromatic nitrogens is 2. The summed E-state index contributed by atoms with van der Waals surface area (Å²) >= 11 is 24.2. The van der Waals surface area contributed by atoms with Crippen LogP contribution in [0.2, 0.25) is 20.1 Å². The van der Waals surface area contributed by atoms with Gasteiger partial charge in [0, 0.05) is 125 Å². The fraction of sp³-hybridized carbons (Fsp3) is 0.257. The summed E-state index contributed by atoms with van der Waals surface area (Å²) in [7, 11) is 0.534. The Balaban J connectivity index is 0.000000129. The average molecular weight is 1890 g/mol. The lowest BCUT2D eigenvalue weighted by Gasteiger charge is -2.34. The lowest BCUT2D eigenvalue weighted by atomic mass is 9.90. The third-order valence-electron chi connectivity index (χ3n) is 24.4. The molecule has 8 heterocycles. The second kappa shape index (κ2) is 41.9. The van der Waals surface area contributed by atoms with Crippen molar-refractivity contribution in [1.82, 2.24) is 53.4 Å². The molecule has 0 spiro atoms. The van der Waals surface area contributed by atoms with E-state index >= 15 is 0 Å². The molecule has 2 saturated heterocycles. The van der Waals surface area contributed by atoms with Gasteiger partial charge in [-0.25, -0.2) is 37.3 Å². The van der Waals surface area contributed by atoms with Crippen molar-refractivity contribution in [1.29, 1.82) is 0 Å². The molecule has 6 aliphatic heterocycles. The number of aliphatic imine (C=N–C) groups is 2. The van der Waals surface area contributed by atoms with Gasteiger partial charge in [0.2, 0.25) is 11.9 Å². The molecule has 132 heavy (non-hydrogen) atoms. The number of halogens is 5. The zero-order valence-corrected chi connectivity index (χ0v) is 78.3. The predicted molar refractivity (Wildman–Crippen MR) is 526 cm³/mol. The smallest absolute Gasteiger partial charge is 0.303 e. The van der Waals surface area contributed by atoms with Gasteiger partial charge in [-0.2, -0.15) is 28.0 Å². The number of benzene rings is 11. The Morgan fingerprint density at radius 2 is 1.10 bits per heavy atom. The first-order chi connectivity index (χ1) is 63.8. The van der Waals surface area contributed by atoms with Crippen LogP contribution in [0, 0.1) is 18.7 Å². The molecule has 4 unspecified atom stereocenters. The van der Waals surface area contributed by atoms with E-state index in [1.54, 1.807) is 40.3 Å². The van der Waals surface area contributed by atoms with E-state index in [1.165, 1.54) is 50.4 Å². The molecule has 0 radical (unpaired) electrons. The van der Waals surface area contributed by atoms with Gasteiger partial charge in [0.1, 0.15) is 18.2 Å². The van der Waals surface area contributed by atoms with Crippen molar-refractivity contribution in [2.24, 2.45) is 31.2 Å². The third kappa shape index (κ3) is 21.5. The number of fused-ring (bicyclic) bond motifs is 2. The molecule has 24 nitrogen and oxygen atoms in total. The molecule has 0 saturated carbocycles. The molecule has 2 fully saturated rings. The van der Waals surface area contributed by atoms with E-state index in [-0.39, 0.29) is 64.2 Å². The number of nitrogens with one attached hydrogen (secondary N) is 4. The Labute approximate surface area is 788 Å². The maximum Gasteiger partial charge on any atom is 0.303 e. The number of para-hydroxylation sites is 2. The van der Waals surface area contributed by atoms with Crippen LogP contribution in [-0.4, -0.2) is 216 Å². The monoisotopic (exact) mass is 1890 g/mol. The molecule has 0 aliphatic carbocycles. The Hall–Kier alpha value is -12.0. The minimum atomic E-state index is -3.92. The van der Waals surface area contributed by atoms with Crippen molar-refractivity contribution in [3.05, 3.63) is 355 Å². The number of amides is 1. The minimum absolute atomic E-state index is 0.00178. The SMILES string of the molecule is CN1CCC(CN=C(NS(=O)(=O)c2ccc(Cl)cc2)N2CC(c3ccccc3)C(c3ccc(Cl)cc3)=N2)C1.CN=C(NS(=O)(=O)N(C)C)N1CC(c2cccc(F)c2)C(c2ccc(Cl)cc2)=N1.CN[C@@H](Cc1c[nH]c2ccccc12)C(=O)N1CC(c2ccccc2)C(c2ccc(Cl)cc2)=N1.Cc1c(C(=O)c2cccc3ccccc23)c2cccc3c2n1[C@H](CN1CCOCC1)CO3. The van der Waals surface area contributed by atoms with Crippen LogP contribution in [0.5, 0.6) is 5.75 Å². The molecule has 0 bridgehead atoms. The fourth-order valence-corrected chi connectivity index (χ4v) is 19.7. The summed E-state index contributed by atoms with van der Waals surface area (Å²) in [5.74, 6) is 0.815. The van der Waals surface area contributed by atoms with Gasteiger partial charge in [-0.1, -0.05) is 228 Å². The summed E-state index contributed by atoms with van der Waals surface area (Å²) < 4.78 is 85.3. The predicted octanol–water partition coefficient (Wildman–Crippen LogP) is 17.3. The molecule has 6 aliphatic rings. The van der Waals surface area contributed by atoms with E-state index in [1.807, 2.05) is 177 Å². The number of ether oxygens (including phenoxy) is 2. The van der Waals surface area contributed by atoms with Crippen molar-refractivity contribution < 1.29 is 40.3 Å². The number of carbonyl (C=O) groups is 2. The number of ketones is 1. The topological polar surface area (TPSA) is 259 Å². The number of morpholine rings is 1. The minimum Gasteiger partial charge on any atom is -0.489 e. The zero-order chi connectivity index (χ0) is 92.3. The van der Waals surface area contributed by atoms with Crippen molar-refractivity contribution in [3.8, 4) is 5.75 Å². The standard InChI is InChI=1S/C28H29Cl2N5O2S.C27H25ClN4O.C27H26N2O3.C19H21ClFN5O2S/c1-34-16-15-20(18-34)17-31-28(33-38(36,37)25-13-11-24(30)12-14-25)35-19-26(21-5-3-2-4-6-21)27(32-35)22-7-9-23(29)10-8-22;1-29-25(15-20-16-30-24-10-6-5-9-22(20)24)27(33)32-17-23(18-7-3-2-4-8-18)26(31-32)19-11-13-21(28)14-12-19;1-18-25(27(30)22-9-4-7-19-6-2-3-8-21(19)22)23-10-5-11-24-26(23)29(18)20(17-32-24)16-28-12-14-31-15-13-28;1-22-19(24-29(27,28)25(2)3)26-12-17(14-5-4-6-16(21)11-14)18(23-26)13-7-9-15(20)10-8-13/h2-14,20,26H,15-19H2,1H3,(H,31,33);2-14,16,23,25,29-30H,15,17H2,1H3;2-11,20H,12-17H2,1H3;4-11,17H,12H2,1-3H3,(H,22,24)/t;23?,25-;20-;/m.01./s1. The first-order valence-corrected chi connectivity index (χ1v) is 48.0. The number of rotatable bonds is 20. The first kappa shape index (κ1) is 93.3. The Morgan fingerprint density at radius 3 is 1.67 bits per heavy atom. The maximum atomic E-state index is 14.0. The number of H-pyrrole nitrogens is 1. The van der Waals surface area contributed by atoms with Gasteiger partial charge in [-0.3, -0.25) is 24.5 Å². The number of hydrazone groups is 3. The largest absolute Gasteiger partial charge is 0.489 e. The highest BCUT2D eigenvalue weighted by atomic mass is 35.5. The molecule has 13 aromatic rings. The van der Waals surface area contributed by atoms with Gasteiger partial charge >= 0.3 is 10.2 Å². The van der Waals surface area contributed by atoms with Crippen LogP contribution in [0.15, 0.2) is 303 Å². The molecular weight excluding hydrogens is 1790 g/mol. The van der Waals surface area contributed by atoms with Crippen LogP contribution in [0.4, 0.5) is 4.39 Å². The van der Waals surface area contributed by atoms with E-state index in [0.29, 0.717) is 70.9 Å². The number of likely N-dealkylation sites (tertiary alicyclic amines) is 1. The van der Waals surface area contributed by atoms with Gasteiger partial charge in [0.25, 0.3) is 15.9 Å². The molecule has 11 aromatic carbocycles. The van der Waals surface area contributed by atoms with Crippen LogP contribution in [0.1, 0.15) is 90.8 Å². The molecule has 19 rings (SSSR count). The van der Waals surface area contributed by atoms with Crippen molar-refractivity contribution in [3.63, 3.8) is 0 Å². The van der Waals surface area contributed by atoms with Gasteiger partial charge < -0.3 is 29.2 Å². The highest BCUT2D eigenvalue weighted by Crippen LogP contribution is 2.42. The summed E-state index contributed by atoms with van der Waals surface area (Å²) in [5.41, 5.74) is 13.8. The fourth-order valence-electron chi connectivity index (χ4n) is 17.6. The van der Waals surface area contributed by atoms with E-state index in [0.717, 1.165) is 162 Å². The summed E-state index contributed by atoms with van der Waals surface area (Å²) in [6, 6.07) is 83.0. The Morgan fingerprint density at radius 1 is 0.583 bits per heavy atom. The van der Waals surface area contributed by atoms with Crippen molar-refractivity contribution in [2.45, 2.75) is 54.5 Å². The highest BCUT2D eigenvalue weighted by molar-refractivity contribution is 7.90. The lowest BCUT2D eigenvalue weighted by molar-refractivity contribution is -0.133. The molecule has 1 amide bonds. The number of aromatic amines is 1. The Bertz CT molecular complexity index is 6720. The number of hydrogen-bond acceptors (Lipinski definition) is 16. The van der Waals surface area contributed by atoms with Gasteiger partial charge in [-0.15, -0.1) is 0 Å². The summed E-state index contributed by atoms with van der Waals surface area (Å²) in [6.45, 7) is 10.7. The van der Waals surface area contributed by atoms with Crippen molar-refractivity contribution in [2.75, 3.05) is 114 Å². The van der Waals surface area contributed by atoms with Gasteiger partial charge in [-0.05, 0) is 181 Å². The van der Waals surface area contributed by atoms with E-state index in [4.69, 9.17) is 71.1 Å². The molecule has 6 atom stereocenters. The molecule has 2 aromatic heterocycles. The zero-order valence-electron chi connectivity index (χ0n) is 73.7. The van der Waals surface area contributed by atoms with Crippen LogP contribution in [0.25, 0.3) is 32.6 Å². The first-order valence-electron chi connectivity index (χ1n) is 43.6. The molecule has 4 N–H and O–H groups in total. The number of hydrogen-bond donors (Lipinski definition) is 4. The average Bonchev–Trinajstić information content (AvgIpc) is 1.57. The van der Waals surface area contributed by atoms with E-state index in [2.05, 4.69) is 107 Å². The summed E-state index contributed by atoms with van der Waals surface area (Å²) in [5, 5.41) is 28.9. The molecule has 31 heteroatoms. The normalized spacial score (nSPS) is 18.5. The highest BCUT2D eigenvalue weighted by Gasteiger charge is 2.39. The van der Waals surface area contributed by atoms with Crippen LogP contribution < -0.4 is 19.5 Å². The summed E-state index contributed by atoms with van der Waals surface area (Å²) in [4.78, 5) is 44.5. The second-order valence-electron chi connectivity index (χ2n) is 33.3. The van der Waals surface area contributed by atoms with Gasteiger partial charge in [0.15, 0.2) is 5.78 Å². The van der Waals surface area contributed by atoms with Crippen LogP contribution in [-0.2, 0) is 36.2 Å². The number of sulfonamides is 1. The second-order valence-corrected chi connectivity index (χ2v) is 38.6. The number of likely N-dealkylation sites (N-methyl/N-ethyl adjacent to an activating group) is 1. The lowest BCUT2D eigenvalue weighted by Crippen LogP contribution is -2.45. The quantitative estimate of drug-likeness (QED) is 0.0315.